The molecule has 1 aliphatic heterocycles. The summed E-state index contributed by atoms with van der Waals surface area (Å²) in [4.78, 5) is 30.1. The Hall–Kier alpha value is -3.45. The van der Waals surface area contributed by atoms with Crippen molar-refractivity contribution < 1.29 is 14.0 Å². The third-order valence-electron chi connectivity index (χ3n) is 6.56. The standard InChI is InChI=1S/C27H26FN3O2S/c1-17(2)19-6-10-22(11-7-19)31-24(32)23-14-20-12-13-34-25(20)30(23)16-27(31,3)26(33)29-15-18-4-8-21(28)9-5-18/h4-14,17H,15-16H2,1-3H3,(H,29,33). The van der Waals surface area contributed by atoms with Gasteiger partial charge in [0.1, 0.15) is 21.9 Å². The van der Waals surface area contributed by atoms with Gasteiger partial charge in [0.25, 0.3) is 5.91 Å². The van der Waals surface area contributed by atoms with E-state index in [1.54, 1.807) is 28.4 Å². The van der Waals surface area contributed by atoms with Crippen LogP contribution in [-0.4, -0.2) is 21.9 Å². The average molecular weight is 476 g/mol. The summed E-state index contributed by atoms with van der Waals surface area (Å²) in [6.07, 6.45) is 0. The van der Waals surface area contributed by atoms with Crippen molar-refractivity contribution in [3.05, 3.63) is 88.7 Å². The Balaban J connectivity index is 1.54. The number of thiophene rings is 1. The first-order chi connectivity index (χ1) is 16.3. The lowest BCUT2D eigenvalue weighted by Gasteiger charge is -2.44. The third kappa shape index (κ3) is 3.70. The molecule has 2 amide bonds. The molecule has 1 unspecified atom stereocenters. The van der Waals surface area contributed by atoms with E-state index in [4.69, 9.17) is 0 Å². The highest BCUT2D eigenvalue weighted by atomic mass is 32.1. The van der Waals surface area contributed by atoms with E-state index in [1.165, 1.54) is 17.7 Å². The van der Waals surface area contributed by atoms with E-state index < -0.39 is 5.54 Å². The van der Waals surface area contributed by atoms with E-state index >= 15 is 0 Å². The number of fused-ring (bicyclic) bond motifs is 3. The lowest BCUT2D eigenvalue weighted by atomic mass is 9.93. The summed E-state index contributed by atoms with van der Waals surface area (Å²) in [7, 11) is 0. The van der Waals surface area contributed by atoms with Crippen molar-refractivity contribution in [2.45, 2.75) is 45.3 Å². The fourth-order valence-corrected chi connectivity index (χ4v) is 5.48. The second-order valence-corrected chi connectivity index (χ2v) is 10.2. The second-order valence-electron chi connectivity index (χ2n) is 9.27. The summed E-state index contributed by atoms with van der Waals surface area (Å²) >= 11 is 1.56. The Morgan fingerprint density at radius 1 is 1.12 bits per heavy atom. The van der Waals surface area contributed by atoms with E-state index in [0.717, 1.165) is 15.8 Å². The number of hydrogen-bond acceptors (Lipinski definition) is 3. The van der Waals surface area contributed by atoms with Crippen LogP contribution in [0.3, 0.4) is 0 Å². The first kappa shape index (κ1) is 22.3. The number of benzene rings is 2. The Labute approximate surface area is 201 Å². The van der Waals surface area contributed by atoms with E-state index in [0.29, 0.717) is 23.8 Å². The highest BCUT2D eigenvalue weighted by Crippen LogP contribution is 2.37. The number of aromatic nitrogens is 1. The zero-order valence-electron chi connectivity index (χ0n) is 19.3. The Morgan fingerprint density at radius 2 is 1.82 bits per heavy atom. The van der Waals surface area contributed by atoms with Crippen LogP contribution >= 0.6 is 11.3 Å². The van der Waals surface area contributed by atoms with Gasteiger partial charge in [-0.25, -0.2) is 4.39 Å². The van der Waals surface area contributed by atoms with Crippen molar-refractivity contribution in [1.29, 1.82) is 0 Å². The summed E-state index contributed by atoms with van der Waals surface area (Å²) in [6, 6.07) is 17.8. The largest absolute Gasteiger partial charge is 0.350 e. The minimum absolute atomic E-state index is 0.202. The Kier molecular flexibility index (Phi) is 5.52. The highest BCUT2D eigenvalue weighted by Gasteiger charge is 2.48. The molecule has 0 spiro atoms. The number of nitrogens with zero attached hydrogens (tertiary/aromatic N) is 2. The van der Waals surface area contributed by atoms with Gasteiger partial charge in [0.05, 0.1) is 6.54 Å². The first-order valence-corrected chi connectivity index (χ1v) is 12.2. The maximum absolute atomic E-state index is 13.8. The molecule has 2 aromatic heterocycles. The van der Waals surface area contributed by atoms with Crippen LogP contribution in [0.5, 0.6) is 0 Å². The van der Waals surface area contributed by atoms with Crippen molar-refractivity contribution in [1.82, 2.24) is 9.88 Å². The molecule has 5 nitrogen and oxygen atoms in total. The SMILES string of the molecule is CC(C)c1ccc(N2C(=O)c3cc4ccsc4n3CC2(C)C(=O)NCc2ccc(F)cc2)cc1. The molecule has 0 radical (unpaired) electrons. The van der Waals surface area contributed by atoms with Crippen molar-refractivity contribution >= 4 is 39.1 Å². The summed E-state index contributed by atoms with van der Waals surface area (Å²) in [6.45, 7) is 6.63. The molecule has 0 fully saturated rings. The predicted octanol–water partition coefficient (Wildman–Crippen LogP) is 5.70. The van der Waals surface area contributed by atoms with Gasteiger partial charge < -0.3 is 9.88 Å². The molecule has 174 valence electrons. The molecule has 0 saturated heterocycles. The number of rotatable bonds is 5. The van der Waals surface area contributed by atoms with Gasteiger partial charge in [-0.2, -0.15) is 0 Å². The van der Waals surface area contributed by atoms with Crippen LogP contribution in [0.2, 0.25) is 0 Å². The summed E-state index contributed by atoms with van der Waals surface area (Å²) in [5.74, 6) is -0.426. The van der Waals surface area contributed by atoms with Gasteiger partial charge in [-0.3, -0.25) is 14.5 Å². The highest BCUT2D eigenvalue weighted by molar-refractivity contribution is 7.16. The van der Waals surface area contributed by atoms with Crippen LogP contribution in [0, 0.1) is 5.82 Å². The number of carbonyl (C=O) groups is 2. The molecule has 2 aromatic carbocycles. The zero-order valence-corrected chi connectivity index (χ0v) is 20.2. The lowest BCUT2D eigenvalue weighted by molar-refractivity contribution is -0.126. The normalized spacial score (nSPS) is 17.9. The van der Waals surface area contributed by atoms with Crippen molar-refractivity contribution in [3.8, 4) is 0 Å². The molecular weight excluding hydrogens is 449 g/mol. The lowest BCUT2D eigenvalue weighted by Crippen LogP contribution is -2.64. The quantitative estimate of drug-likeness (QED) is 0.403. The van der Waals surface area contributed by atoms with Crippen molar-refractivity contribution in [2.24, 2.45) is 0 Å². The maximum atomic E-state index is 13.8. The summed E-state index contributed by atoms with van der Waals surface area (Å²) < 4.78 is 15.2. The monoisotopic (exact) mass is 475 g/mol. The number of anilines is 1. The zero-order chi connectivity index (χ0) is 24.0. The number of carbonyl (C=O) groups excluding carboxylic acids is 2. The molecular formula is C27H26FN3O2S. The van der Waals surface area contributed by atoms with Gasteiger partial charge in [0.2, 0.25) is 5.91 Å². The predicted molar refractivity (Wildman–Crippen MR) is 134 cm³/mol. The first-order valence-electron chi connectivity index (χ1n) is 11.3. The van der Waals surface area contributed by atoms with Crippen LogP contribution in [0.4, 0.5) is 10.1 Å². The smallest absolute Gasteiger partial charge is 0.275 e. The molecule has 0 bridgehead atoms. The molecule has 4 aromatic rings. The molecule has 1 N–H and O–H groups in total. The van der Waals surface area contributed by atoms with Crippen LogP contribution in [0.15, 0.2) is 66.0 Å². The molecule has 3 heterocycles. The van der Waals surface area contributed by atoms with Gasteiger partial charge in [0, 0.05) is 17.6 Å². The molecule has 1 aliphatic rings. The van der Waals surface area contributed by atoms with Gasteiger partial charge >= 0.3 is 0 Å². The molecule has 0 aliphatic carbocycles. The number of halogens is 1. The van der Waals surface area contributed by atoms with Crippen LogP contribution < -0.4 is 10.2 Å². The summed E-state index contributed by atoms with van der Waals surface area (Å²) in [5.41, 5.74) is 2.07. The van der Waals surface area contributed by atoms with Crippen molar-refractivity contribution in [3.63, 3.8) is 0 Å². The Morgan fingerprint density at radius 3 is 2.50 bits per heavy atom. The van der Waals surface area contributed by atoms with E-state index in [-0.39, 0.29) is 24.2 Å². The third-order valence-corrected chi connectivity index (χ3v) is 7.51. The Bertz CT molecular complexity index is 1370. The fourth-order valence-electron chi connectivity index (χ4n) is 4.59. The van der Waals surface area contributed by atoms with Crippen molar-refractivity contribution in [2.75, 3.05) is 4.90 Å². The minimum Gasteiger partial charge on any atom is -0.350 e. The fraction of sp³-hybridized carbons (Fsp3) is 0.259. The molecule has 0 saturated carbocycles. The maximum Gasteiger partial charge on any atom is 0.275 e. The molecule has 7 heteroatoms. The second kappa shape index (κ2) is 8.40. The molecule has 1 atom stereocenters. The minimum atomic E-state index is -1.15. The van der Waals surface area contributed by atoms with E-state index in [2.05, 4.69) is 19.2 Å². The van der Waals surface area contributed by atoms with Gasteiger partial charge in [-0.1, -0.05) is 38.1 Å². The topological polar surface area (TPSA) is 54.3 Å². The van der Waals surface area contributed by atoms with Crippen LogP contribution in [0.1, 0.15) is 48.3 Å². The molecule has 34 heavy (non-hydrogen) atoms. The summed E-state index contributed by atoms with van der Waals surface area (Å²) in [5, 5.41) is 5.97. The van der Waals surface area contributed by atoms with E-state index in [9.17, 15) is 14.0 Å². The number of nitrogens with one attached hydrogen (secondary N) is 1. The number of hydrogen-bond donors (Lipinski definition) is 1. The van der Waals surface area contributed by atoms with Gasteiger partial charge in [-0.15, -0.1) is 11.3 Å². The van der Waals surface area contributed by atoms with Gasteiger partial charge in [0.15, 0.2) is 0 Å². The van der Waals surface area contributed by atoms with Crippen LogP contribution in [-0.2, 0) is 17.9 Å². The van der Waals surface area contributed by atoms with Crippen LogP contribution in [0.25, 0.3) is 10.2 Å². The molecule has 5 rings (SSSR count). The number of amides is 2. The van der Waals surface area contributed by atoms with Gasteiger partial charge in [-0.05, 0) is 65.7 Å². The van der Waals surface area contributed by atoms with E-state index in [1.807, 2.05) is 53.3 Å². The average Bonchev–Trinajstić information content (AvgIpc) is 3.41.